The van der Waals surface area contributed by atoms with Gasteiger partial charge in [-0.25, -0.2) is 0 Å². The second kappa shape index (κ2) is 11.1. The van der Waals surface area contributed by atoms with Gasteiger partial charge in [-0.2, -0.15) is 0 Å². The van der Waals surface area contributed by atoms with Crippen LogP contribution in [0.15, 0.2) is 89.8 Å². The minimum atomic E-state index is -0.186. The highest BCUT2D eigenvalue weighted by Gasteiger charge is 2.34. The van der Waals surface area contributed by atoms with Crippen LogP contribution < -0.4 is 19.1 Å². The molecule has 7 heteroatoms. The van der Waals surface area contributed by atoms with Gasteiger partial charge in [-0.3, -0.25) is 9.69 Å². The van der Waals surface area contributed by atoms with Crippen LogP contribution in [0.25, 0.3) is 16.8 Å². The largest absolute Gasteiger partial charge is 0.495 e. The molecule has 0 N–H and O–H groups in total. The first-order valence-corrected chi connectivity index (χ1v) is 13.1. The number of thiocarbonyl (C=S) groups is 1. The maximum Gasteiger partial charge on any atom is 0.270 e. The molecule has 4 aromatic carbocycles. The summed E-state index contributed by atoms with van der Waals surface area (Å²) in [4.78, 5) is 15.3. The number of anilines is 1. The predicted octanol–water partition coefficient (Wildman–Crippen LogP) is 7.23. The van der Waals surface area contributed by atoms with Crippen molar-refractivity contribution in [2.24, 2.45) is 0 Å². The number of rotatable bonds is 8. The van der Waals surface area contributed by atoms with E-state index in [9.17, 15) is 4.79 Å². The fourth-order valence-electron chi connectivity index (χ4n) is 4.13. The zero-order valence-electron chi connectivity index (χ0n) is 20.5. The van der Waals surface area contributed by atoms with Crippen molar-refractivity contribution in [3.63, 3.8) is 0 Å². The zero-order chi connectivity index (χ0) is 25.8. The smallest absolute Gasteiger partial charge is 0.270 e. The summed E-state index contributed by atoms with van der Waals surface area (Å²) in [6.45, 7) is 2.84. The normalized spacial score (nSPS) is 14.4. The van der Waals surface area contributed by atoms with Crippen LogP contribution >= 0.6 is 24.0 Å². The lowest BCUT2D eigenvalue weighted by Gasteiger charge is -2.17. The SMILES string of the molecule is CCOc1cc(/C=C2/SC(=S)N(c3ccccc3OC)C2=O)ccc1OCc1ccc2ccccc2c1. The molecule has 1 amide bonds. The first kappa shape index (κ1) is 24.9. The number of carbonyl (C=O) groups excluding carboxylic acids is 1. The molecule has 0 unspecified atom stereocenters. The van der Waals surface area contributed by atoms with Crippen LogP contribution in [0.2, 0.25) is 0 Å². The van der Waals surface area contributed by atoms with Gasteiger partial charge in [0.1, 0.15) is 12.4 Å². The van der Waals surface area contributed by atoms with Gasteiger partial charge in [0, 0.05) is 0 Å². The minimum Gasteiger partial charge on any atom is -0.495 e. The predicted molar refractivity (Wildman–Crippen MR) is 155 cm³/mol. The molecule has 0 aliphatic carbocycles. The molecular formula is C30H25NO4S2. The van der Waals surface area contributed by atoms with Gasteiger partial charge in [-0.05, 0) is 65.2 Å². The molecule has 0 bridgehead atoms. The Morgan fingerprint density at radius 2 is 1.65 bits per heavy atom. The highest BCUT2D eigenvalue weighted by Crippen LogP contribution is 2.40. The maximum atomic E-state index is 13.3. The maximum absolute atomic E-state index is 13.3. The lowest BCUT2D eigenvalue weighted by atomic mass is 10.1. The first-order valence-electron chi connectivity index (χ1n) is 11.9. The Balaban J connectivity index is 1.36. The molecule has 5 nitrogen and oxygen atoms in total. The minimum absolute atomic E-state index is 0.186. The number of ether oxygens (including phenoxy) is 3. The van der Waals surface area contributed by atoms with E-state index in [1.807, 2.05) is 67.6 Å². The summed E-state index contributed by atoms with van der Waals surface area (Å²) >= 11 is 6.79. The molecule has 1 saturated heterocycles. The van der Waals surface area contributed by atoms with Crippen LogP contribution in [0.3, 0.4) is 0 Å². The first-order chi connectivity index (χ1) is 18.1. The summed E-state index contributed by atoms with van der Waals surface area (Å²) in [5.41, 5.74) is 2.52. The Morgan fingerprint density at radius 3 is 2.46 bits per heavy atom. The van der Waals surface area contributed by atoms with Crippen LogP contribution in [0.4, 0.5) is 5.69 Å². The van der Waals surface area contributed by atoms with E-state index in [1.165, 1.54) is 27.4 Å². The van der Waals surface area contributed by atoms with Crippen molar-refractivity contribution in [3.05, 3.63) is 101 Å². The molecule has 0 saturated carbocycles. The molecule has 186 valence electrons. The van der Waals surface area contributed by atoms with E-state index in [2.05, 4.69) is 30.3 Å². The number of benzene rings is 4. The van der Waals surface area contributed by atoms with Crippen LogP contribution in [-0.4, -0.2) is 23.9 Å². The molecule has 0 spiro atoms. The lowest BCUT2D eigenvalue weighted by molar-refractivity contribution is -0.113. The Kier molecular flexibility index (Phi) is 7.44. The summed E-state index contributed by atoms with van der Waals surface area (Å²) in [7, 11) is 1.57. The Morgan fingerprint density at radius 1 is 0.865 bits per heavy atom. The van der Waals surface area contributed by atoms with Gasteiger partial charge in [0.2, 0.25) is 0 Å². The summed E-state index contributed by atoms with van der Waals surface area (Å²) in [6, 6.07) is 27.6. The number of para-hydroxylation sites is 2. The molecule has 0 aromatic heterocycles. The molecule has 1 heterocycles. The van der Waals surface area contributed by atoms with Gasteiger partial charge in [0.15, 0.2) is 15.8 Å². The van der Waals surface area contributed by atoms with Gasteiger partial charge in [-0.15, -0.1) is 0 Å². The molecule has 1 fully saturated rings. The molecular weight excluding hydrogens is 502 g/mol. The van der Waals surface area contributed by atoms with Crippen molar-refractivity contribution in [1.29, 1.82) is 0 Å². The molecule has 1 aliphatic heterocycles. The third kappa shape index (κ3) is 5.33. The average molecular weight is 528 g/mol. The second-order valence-electron chi connectivity index (χ2n) is 8.30. The standard InChI is InChI=1S/C30H25NO4S2/c1-3-34-27-17-20(13-15-26(27)35-19-21-12-14-22-8-4-5-9-23(22)16-21)18-28-29(32)31(30(36)37-28)24-10-6-7-11-25(24)33-2/h4-18H,3,19H2,1-2H3/b28-18+. The van der Waals surface area contributed by atoms with Crippen LogP contribution in [0.1, 0.15) is 18.1 Å². The Hall–Kier alpha value is -3.81. The summed E-state index contributed by atoms with van der Waals surface area (Å²) in [5, 5.41) is 2.37. The summed E-state index contributed by atoms with van der Waals surface area (Å²) in [6.07, 6.45) is 1.82. The molecule has 37 heavy (non-hydrogen) atoms. The number of hydrogen-bond donors (Lipinski definition) is 0. The van der Waals surface area contributed by atoms with E-state index in [4.69, 9.17) is 26.4 Å². The van der Waals surface area contributed by atoms with Gasteiger partial charge in [0.25, 0.3) is 5.91 Å². The van der Waals surface area contributed by atoms with Gasteiger partial charge in [0.05, 0.1) is 24.3 Å². The number of carbonyl (C=O) groups is 1. The quantitative estimate of drug-likeness (QED) is 0.178. The van der Waals surface area contributed by atoms with Crippen molar-refractivity contribution in [2.45, 2.75) is 13.5 Å². The van der Waals surface area contributed by atoms with E-state index < -0.39 is 0 Å². The van der Waals surface area contributed by atoms with E-state index in [0.29, 0.717) is 45.4 Å². The van der Waals surface area contributed by atoms with Crippen LogP contribution in [0.5, 0.6) is 17.2 Å². The van der Waals surface area contributed by atoms with Crippen molar-refractivity contribution in [1.82, 2.24) is 0 Å². The molecule has 5 rings (SSSR count). The number of amides is 1. The molecule has 0 atom stereocenters. The Bertz CT molecular complexity index is 1510. The monoisotopic (exact) mass is 527 g/mol. The summed E-state index contributed by atoms with van der Waals surface area (Å²) < 4.78 is 17.9. The highest BCUT2D eigenvalue weighted by molar-refractivity contribution is 8.27. The molecule has 0 radical (unpaired) electrons. The van der Waals surface area contributed by atoms with E-state index >= 15 is 0 Å². The second-order valence-corrected chi connectivity index (χ2v) is 9.97. The third-order valence-corrected chi connectivity index (χ3v) is 7.20. The fraction of sp³-hybridized carbons (Fsp3) is 0.133. The fourth-order valence-corrected chi connectivity index (χ4v) is 5.42. The number of thioether (sulfide) groups is 1. The van der Waals surface area contributed by atoms with E-state index in [0.717, 1.165) is 11.1 Å². The van der Waals surface area contributed by atoms with Crippen molar-refractivity contribution in [3.8, 4) is 17.2 Å². The summed E-state index contributed by atoms with van der Waals surface area (Å²) in [5.74, 6) is 1.67. The van der Waals surface area contributed by atoms with Crippen molar-refractivity contribution < 1.29 is 19.0 Å². The van der Waals surface area contributed by atoms with E-state index in [-0.39, 0.29) is 5.91 Å². The van der Waals surface area contributed by atoms with Crippen LogP contribution in [-0.2, 0) is 11.4 Å². The molecule has 1 aliphatic rings. The number of nitrogens with zero attached hydrogens (tertiary/aromatic N) is 1. The van der Waals surface area contributed by atoms with Crippen LogP contribution in [0, 0.1) is 0 Å². The lowest BCUT2D eigenvalue weighted by Crippen LogP contribution is -2.27. The zero-order valence-corrected chi connectivity index (χ0v) is 22.1. The van der Waals surface area contributed by atoms with E-state index in [1.54, 1.807) is 7.11 Å². The Labute approximate surface area is 225 Å². The van der Waals surface area contributed by atoms with Crippen molar-refractivity contribution in [2.75, 3.05) is 18.6 Å². The number of fused-ring (bicyclic) bond motifs is 1. The van der Waals surface area contributed by atoms with Crippen molar-refractivity contribution >= 4 is 56.7 Å². The van der Waals surface area contributed by atoms with Gasteiger partial charge < -0.3 is 14.2 Å². The molecule has 4 aromatic rings. The number of methoxy groups -OCH3 is 1. The topological polar surface area (TPSA) is 48.0 Å². The van der Waals surface area contributed by atoms with Gasteiger partial charge >= 0.3 is 0 Å². The number of hydrogen-bond acceptors (Lipinski definition) is 6. The average Bonchev–Trinajstić information content (AvgIpc) is 3.20. The third-order valence-electron chi connectivity index (χ3n) is 5.89. The highest BCUT2D eigenvalue weighted by atomic mass is 32.2. The van der Waals surface area contributed by atoms with Gasteiger partial charge in [-0.1, -0.05) is 78.6 Å².